The van der Waals surface area contributed by atoms with Crippen molar-refractivity contribution in [3.8, 4) is 0 Å². The molecule has 3 N–H and O–H groups in total. The highest BCUT2D eigenvalue weighted by Crippen LogP contribution is 2.10. The molecule has 2 heterocycles. The van der Waals surface area contributed by atoms with Gasteiger partial charge < -0.3 is 15.6 Å². The first kappa shape index (κ1) is 13.8. The van der Waals surface area contributed by atoms with E-state index in [1.165, 1.54) is 0 Å². The van der Waals surface area contributed by atoms with Crippen LogP contribution in [0, 0.1) is 0 Å². The second kappa shape index (κ2) is 5.85. The van der Waals surface area contributed by atoms with E-state index in [1.54, 1.807) is 4.90 Å². The van der Waals surface area contributed by atoms with Crippen molar-refractivity contribution in [2.24, 2.45) is 10.7 Å². The maximum atomic E-state index is 5.70. The number of hydrogen-bond acceptors (Lipinski definition) is 2. The number of pyridine rings is 1. The zero-order chi connectivity index (χ0) is 11.5. The summed E-state index contributed by atoms with van der Waals surface area (Å²) in [5, 5.41) is 1.10. The van der Waals surface area contributed by atoms with Crippen LogP contribution >= 0.6 is 24.0 Å². The van der Waals surface area contributed by atoms with Crippen molar-refractivity contribution in [3.05, 3.63) is 30.1 Å². The van der Waals surface area contributed by atoms with Gasteiger partial charge in [0.2, 0.25) is 0 Å². The number of rotatable bonds is 2. The molecule has 0 aliphatic heterocycles. The second-order valence-corrected chi connectivity index (χ2v) is 3.79. The summed E-state index contributed by atoms with van der Waals surface area (Å²) in [6.45, 7) is 0.499. The van der Waals surface area contributed by atoms with Crippen molar-refractivity contribution in [1.29, 1.82) is 0 Å². The van der Waals surface area contributed by atoms with Crippen LogP contribution in [-0.4, -0.2) is 34.9 Å². The van der Waals surface area contributed by atoms with Gasteiger partial charge in [-0.25, -0.2) is 9.98 Å². The molecule has 0 spiro atoms. The van der Waals surface area contributed by atoms with Crippen molar-refractivity contribution in [2.45, 2.75) is 6.54 Å². The van der Waals surface area contributed by atoms with Gasteiger partial charge in [-0.3, -0.25) is 0 Å². The van der Waals surface area contributed by atoms with E-state index in [2.05, 4.69) is 15.0 Å². The summed E-state index contributed by atoms with van der Waals surface area (Å²) < 4.78 is 0. The molecule has 5 nitrogen and oxygen atoms in total. The minimum absolute atomic E-state index is 0. The summed E-state index contributed by atoms with van der Waals surface area (Å²) in [4.78, 5) is 13.5. The van der Waals surface area contributed by atoms with Gasteiger partial charge >= 0.3 is 0 Å². The molecule has 2 aromatic rings. The third-order valence-electron chi connectivity index (χ3n) is 2.33. The Kier molecular flexibility index (Phi) is 4.73. The van der Waals surface area contributed by atoms with Gasteiger partial charge in [-0.15, -0.1) is 24.0 Å². The van der Waals surface area contributed by atoms with E-state index < -0.39 is 0 Å². The molecule has 2 rings (SSSR count). The molecule has 0 radical (unpaired) electrons. The highest BCUT2D eigenvalue weighted by molar-refractivity contribution is 14.0. The van der Waals surface area contributed by atoms with Crippen LogP contribution in [0.5, 0.6) is 0 Å². The summed E-state index contributed by atoms with van der Waals surface area (Å²) in [6, 6.07) is 5.97. The van der Waals surface area contributed by atoms with Crippen LogP contribution in [0.25, 0.3) is 11.0 Å². The van der Waals surface area contributed by atoms with E-state index in [0.717, 1.165) is 16.7 Å². The zero-order valence-corrected chi connectivity index (χ0v) is 12.2. The van der Waals surface area contributed by atoms with Crippen molar-refractivity contribution in [1.82, 2.24) is 14.9 Å². The van der Waals surface area contributed by atoms with E-state index in [1.807, 2.05) is 38.5 Å². The summed E-state index contributed by atoms with van der Waals surface area (Å²) in [6.07, 6.45) is 1.87. The summed E-state index contributed by atoms with van der Waals surface area (Å²) >= 11 is 0. The number of hydrogen-bond donors (Lipinski definition) is 2. The first-order chi connectivity index (χ1) is 7.66. The maximum absolute atomic E-state index is 5.70. The number of nitrogens with one attached hydrogen (secondary N) is 1. The van der Waals surface area contributed by atoms with E-state index in [0.29, 0.717) is 12.5 Å². The third-order valence-corrected chi connectivity index (χ3v) is 2.33. The number of aromatic amines is 1. The first-order valence-electron chi connectivity index (χ1n) is 5.07. The fourth-order valence-electron chi connectivity index (χ4n) is 1.36. The average Bonchev–Trinajstić information content (AvgIpc) is 2.72. The van der Waals surface area contributed by atoms with E-state index >= 15 is 0 Å². The molecule has 17 heavy (non-hydrogen) atoms. The molecule has 0 aromatic carbocycles. The van der Waals surface area contributed by atoms with Crippen LogP contribution in [0.4, 0.5) is 0 Å². The Morgan fingerprint density at radius 3 is 2.88 bits per heavy atom. The van der Waals surface area contributed by atoms with Crippen LogP contribution in [0.15, 0.2) is 29.4 Å². The molecular weight excluding hydrogens is 329 g/mol. The Bertz CT molecular complexity index is 517. The third kappa shape index (κ3) is 3.32. The Morgan fingerprint density at radius 1 is 1.41 bits per heavy atom. The number of nitrogens with zero attached hydrogens (tertiary/aromatic N) is 3. The number of aliphatic imine (C=N–C) groups is 1. The van der Waals surface area contributed by atoms with Crippen LogP contribution in [-0.2, 0) is 6.54 Å². The van der Waals surface area contributed by atoms with Gasteiger partial charge in [0.1, 0.15) is 5.65 Å². The second-order valence-electron chi connectivity index (χ2n) is 3.79. The topological polar surface area (TPSA) is 70.3 Å². The lowest BCUT2D eigenvalue weighted by Crippen LogP contribution is -2.30. The summed E-state index contributed by atoms with van der Waals surface area (Å²) in [5.41, 5.74) is 7.49. The van der Waals surface area contributed by atoms with Crippen molar-refractivity contribution >= 4 is 41.0 Å². The maximum Gasteiger partial charge on any atom is 0.191 e. The van der Waals surface area contributed by atoms with Gasteiger partial charge in [0.05, 0.1) is 12.2 Å². The molecule has 92 valence electrons. The molecule has 0 fully saturated rings. The Labute approximate surface area is 117 Å². The Morgan fingerprint density at radius 2 is 2.18 bits per heavy atom. The van der Waals surface area contributed by atoms with Crippen molar-refractivity contribution < 1.29 is 0 Å². The van der Waals surface area contributed by atoms with E-state index in [9.17, 15) is 0 Å². The van der Waals surface area contributed by atoms with Gasteiger partial charge in [-0.05, 0) is 18.2 Å². The van der Waals surface area contributed by atoms with Gasteiger partial charge in [0.15, 0.2) is 5.96 Å². The van der Waals surface area contributed by atoms with Gasteiger partial charge in [-0.1, -0.05) is 0 Å². The lowest BCUT2D eigenvalue weighted by atomic mass is 10.3. The molecule has 6 heteroatoms. The lowest BCUT2D eigenvalue weighted by molar-refractivity contribution is 0.608. The standard InChI is InChI=1S/C11H15N5.HI/c1-16(2)11(12)14-7-9-4-3-8-5-6-13-10(8)15-9;/h3-6H,7H2,1-2H3,(H2,12,14)(H,13,15);1H. The molecule has 0 aliphatic carbocycles. The number of fused-ring (bicyclic) bond motifs is 1. The van der Waals surface area contributed by atoms with Crippen LogP contribution in [0.2, 0.25) is 0 Å². The van der Waals surface area contributed by atoms with Crippen LogP contribution < -0.4 is 5.73 Å². The first-order valence-corrected chi connectivity index (χ1v) is 5.07. The van der Waals surface area contributed by atoms with Gasteiger partial charge in [0.25, 0.3) is 0 Å². The molecule has 0 saturated heterocycles. The highest BCUT2D eigenvalue weighted by atomic mass is 127. The number of guanidine groups is 1. The monoisotopic (exact) mass is 345 g/mol. The number of halogens is 1. The minimum atomic E-state index is 0. The van der Waals surface area contributed by atoms with Gasteiger partial charge in [-0.2, -0.15) is 0 Å². The lowest BCUT2D eigenvalue weighted by Gasteiger charge is -2.09. The van der Waals surface area contributed by atoms with Crippen molar-refractivity contribution in [3.63, 3.8) is 0 Å². The SMILES string of the molecule is CN(C)C(N)=NCc1ccc2cc[nH]c2n1.I. The van der Waals surface area contributed by atoms with E-state index in [4.69, 9.17) is 5.73 Å². The minimum Gasteiger partial charge on any atom is -0.370 e. The molecule has 0 saturated carbocycles. The average molecular weight is 345 g/mol. The quantitative estimate of drug-likeness (QED) is 0.493. The normalized spacial score (nSPS) is 11.3. The van der Waals surface area contributed by atoms with Crippen molar-refractivity contribution in [2.75, 3.05) is 14.1 Å². The summed E-state index contributed by atoms with van der Waals surface area (Å²) in [7, 11) is 3.72. The molecule has 0 amide bonds. The van der Waals surface area contributed by atoms with Crippen LogP contribution in [0.3, 0.4) is 0 Å². The Hall–Kier alpha value is -1.31. The number of H-pyrrole nitrogens is 1. The number of nitrogens with two attached hydrogens (primary N) is 1. The van der Waals surface area contributed by atoms with Crippen LogP contribution in [0.1, 0.15) is 5.69 Å². The molecule has 0 bridgehead atoms. The predicted molar refractivity (Wildman–Crippen MR) is 80.5 cm³/mol. The molecule has 2 aromatic heterocycles. The summed E-state index contributed by atoms with van der Waals surface area (Å²) in [5.74, 6) is 0.508. The fourth-order valence-corrected chi connectivity index (χ4v) is 1.36. The Balaban J connectivity index is 0.00000144. The smallest absolute Gasteiger partial charge is 0.191 e. The zero-order valence-electron chi connectivity index (χ0n) is 9.84. The highest BCUT2D eigenvalue weighted by Gasteiger charge is 1.99. The molecule has 0 unspecified atom stereocenters. The molecule has 0 atom stereocenters. The fraction of sp³-hybridized carbons (Fsp3) is 0.273. The number of aromatic nitrogens is 2. The molecule has 0 aliphatic rings. The van der Waals surface area contributed by atoms with Gasteiger partial charge in [0, 0.05) is 25.7 Å². The van der Waals surface area contributed by atoms with E-state index in [-0.39, 0.29) is 24.0 Å². The molecular formula is C11H16IN5. The predicted octanol–water partition coefficient (Wildman–Crippen LogP) is 1.56. The largest absolute Gasteiger partial charge is 0.370 e.